The Morgan fingerprint density at radius 1 is 1.21 bits per heavy atom. The normalized spacial score (nSPS) is 16.6. The summed E-state index contributed by atoms with van der Waals surface area (Å²) in [4.78, 5) is 14.4. The van der Waals surface area contributed by atoms with Gasteiger partial charge in [-0.25, -0.2) is 4.79 Å². The molecule has 0 spiro atoms. The minimum absolute atomic E-state index is 0.380. The van der Waals surface area contributed by atoms with Crippen molar-refractivity contribution in [1.29, 1.82) is 0 Å². The Labute approximate surface area is 170 Å². The van der Waals surface area contributed by atoms with Crippen LogP contribution in [-0.2, 0) is 4.74 Å². The zero-order chi connectivity index (χ0) is 20.6. The van der Waals surface area contributed by atoms with Crippen LogP contribution in [-0.4, -0.2) is 18.8 Å². The lowest BCUT2D eigenvalue weighted by molar-refractivity contribution is 0.0596. The lowest BCUT2D eigenvalue weighted by atomic mass is 9.78. The van der Waals surface area contributed by atoms with Crippen LogP contribution in [0.25, 0.3) is 0 Å². The van der Waals surface area contributed by atoms with Crippen LogP contribution < -0.4 is 9.64 Å². The zero-order valence-corrected chi connectivity index (χ0v) is 17.8. The van der Waals surface area contributed by atoms with E-state index in [1.165, 1.54) is 32.1 Å². The largest absolute Gasteiger partial charge is 0.497 e. The maximum Gasteiger partial charge on any atom is 0.418 e. The van der Waals surface area contributed by atoms with Gasteiger partial charge in [0, 0.05) is 6.20 Å². The van der Waals surface area contributed by atoms with Crippen molar-refractivity contribution >= 4 is 11.8 Å². The fraction of sp³-hybridized carbons (Fsp3) is 0.542. The molecule has 1 fully saturated rings. The van der Waals surface area contributed by atoms with Gasteiger partial charge >= 0.3 is 6.09 Å². The van der Waals surface area contributed by atoms with Crippen LogP contribution in [0.4, 0.5) is 10.5 Å². The lowest BCUT2D eigenvalue weighted by Gasteiger charge is -2.29. The molecular formula is C24H35NO3. The number of methoxy groups -OCH3 is 1. The van der Waals surface area contributed by atoms with Crippen LogP contribution in [0.5, 0.6) is 5.75 Å². The number of carbonyl (C=O) groups is 1. The van der Waals surface area contributed by atoms with Gasteiger partial charge in [0.25, 0.3) is 0 Å². The Bertz CT molecular complexity index is 651. The Morgan fingerprint density at radius 3 is 2.39 bits per heavy atom. The Morgan fingerprint density at radius 2 is 1.86 bits per heavy atom. The van der Waals surface area contributed by atoms with E-state index >= 15 is 0 Å². The van der Waals surface area contributed by atoms with E-state index in [1.807, 2.05) is 57.3 Å². The van der Waals surface area contributed by atoms with E-state index in [4.69, 9.17) is 9.47 Å². The molecule has 28 heavy (non-hydrogen) atoms. The highest BCUT2D eigenvalue weighted by molar-refractivity contribution is 5.90. The second kappa shape index (κ2) is 10.4. The standard InChI is InChI=1S/C24H35NO3/c1-6-10-19(20-11-8-7-9-12-20)17-18-25(23(26)28-24(2,3)4)21-13-15-22(27-5)16-14-21/h6,13-20H,1,7-12H2,2-5H3/b18-17-/t19-/m0/s1. The maximum atomic E-state index is 12.9. The molecule has 1 aromatic carbocycles. The molecule has 1 atom stereocenters. The first-order chi connectivity index (χ1) is 13.3. The van der Waals surface area contributed by atoms with E-state index in [0.717, 1.165) is 17.9 Å². The summed E-state index contributed by atoms with van der Waals surface area (Å²) in [5, 5.41) is 0. The predicted octanol–water partition coefficient (Wildman–Crippen LogP) is 6.72. The van der Waals surface area contributed by atoms with Crippen molar-refractivity contribution in [3.8, 4) is 5.75 Å². The molecule has 1 aliphatic carbocycles. The molecule has 0 bridgehead atoms. The fourth-order valence-corrected chi connectivity index (χ4v) is 3.69. The van der Waals surface area contributed by atoms with Crippen molar-refractivity contribution in [3.63, 3.8) is 0 Å². The Hall–Kier alpha value is -2.23. The highest BCUT2D eigenvalue weighted by Crippen LogP contribution is 2.33. The highest BCUT2D eigenvalue weighted by Gasteiger charge is 2.24. The zero-order valence-electron chi connectivity index (χ0n) is 17.8. The molecule has 0 heterocycles. The van der Waals surface area contributed by atoms with Crippen molar-refractivity contribution in [1.82, 2.24) is 0 Å². The molecule has 0 unspecified atom stereocenters. The molecule has 0 N–H and O–H groups in total. The summed E-state index contributed by atoms with van der Waals surface area (Å²) in [7, 11) is 1.63. The van der Waals surface area contributed by atoms with Gasteiger partial charge < -0.3 is 9.47 Å². The topological polar surface area (TPSA) is 38.8 Å². The van der Waals surface area contributed by atoms with Crippen molar-refractivity contribution in [2.24, 2.45) is 11.8 Å². The molecule has 1 aromatic rings. The summed E-state index contributed by atoms with van der Waals surface area (Å²) in [5.74, 6) is 1.80. The number of amides is 1. The number of hydrogen-bond donors (Lipinski definition) is 0. The summed E-state index contributed by atoms with van der Waals surface area (Å²) < 4.78 is 10.9. The number of nitrogens with zero attached hydrogens (tertiary/aromatic N) is 1. The minimum Gasteiger partial charge on any atom is -0.497 e. The van der Waals surface area contributed by atoms with E-state index in [9.17, 15) is 4.79 Å². The van der Waals surface area contributed by atoms with Crippen LogP contribution in [0.2, 0.25) is 0 Å². The molecule has 1 saturated carbocycles. The molecule has 2 rings (SSSR count). The SMILES string of the molecule is C=CC[C@@H](/C=C\N(C(=O)OC(C)(C)C)c1ccc(OC)cc1)C1CCCCC1. The molecule has 0 saturated heterocycles. The molecule has 0 aliphatic heterocycles. The predicted molar refractivity (Wildman–Crippen MR) is 116 cm³/mol. The summed E-state index contributed by atoms with van der Waals surface area (Å²) in [6, 6.07) is 7.44. The molecule has 1 aliphatic rings. The summed E-state index contributed by atoms with van der Waals surface area (Å²) in [6.07, 6.45) is 13.0. The first kappa shape index (κ1) is 22.1. The van der Waals surface area contributed by atoms with Gasteiger partial charge in [0.2, 0.25) is 0 Å². The van der Waals surface area contributed by atoms with Crippen LogP contribution in [0.15, 0.2) is 49.2 Å². The average molecular weight is 386 g/mol. The van der Waals surface area contributed by atoms with E-state index in [0.29, 0.717) is 11.8 Å². The van der Waals surface area contributed by atoms with Gasteiger partial charge in [-0.1, -0.05) is 31.4 Å². The van der Waals surface area contributed by atoms with Gasteiger partial charge in [0.1, 0.15) is 11.4 Å². The molecule has 1 amide bonds. The number of ether oxygens (including phenoxy) is 2. The van der Waals surface area contributed by atoms with E-state index in [1.54, 1.807) is 12.0 Å². The minimum atomic E-state index is -0.556. The molecule has 4 heteroatoms. The quantitative estimate of drug-likeness (QED) is 0.489. The lowest BCUT2D eigenvalue weighted by Crippen LogP contribution is -2.33. The number of allylic oxidation sites excluding steroid dienone is 2. The van der Waals surface area contributed by atoms with Crippen molar-refractivity contribution in [2.45, 2.75) is 64.9 Å². The van der Waals surface area contributed by atoms with Crippen molar-refractivity contribution in [3.05, 3.63) is 49.2 Å². The third-order valence-corrected chi connectivity index (χ3v) is 5.12. The van der Waals surface area contributed by atoms with Gasteiger partial charge in [0.05, 0.1) is 12.8 Å². The van der Waals surface area contributed by atoms with Crippen molar-refractivity contribution in [2.75, 3.05) is 12.0 Å². The van der Waals surface area contributed by atoms with Crippen LogP contribution >= 0.6 is 0 Å². The van der Waals surface area contributed by atoms with Crippen LogP contribution in [0, 0.1) is 11.8 Å². The van der Waals surface area contributed by atoms with Crippen LogP contribution in [0.1, 0.15) is 59.3 Å². The highest BCUT2D eigenvalue weighted by atomic mass is 16.6. The van der Waals surface area contributed by atoms with Crippen LogP contribution in [0.3, 0.4) is 0 Å². The van der Waals surface area contributed by atoms with Gasteiger partial charge in [-0.05, 0) is 76.1 Å². The summed E-state index contributed by atoms with van der Waals surface area (Å²) in [6.45, 7) is 9.57. The van der Waals surface area contributed by atoms with E-state index in [2.05, 4.69) is 12.7 Å². The smallest absolute Gasteiger partial charge is 0.418 e. The average Bonchev–Trinajstić information content (AvgIpc) is 2.67. The monoisotopic (exact) mass is 385 g/mol. The van der Waals surface area contributed by atoms with Gasteiger partial charge in [-0.3, -0.25) is 4.90 Å². The van der Waals surface area contributed by atoms with Crippen molar-refractivity contribution < 1.29 is 14.3 Å². The number of hydrogen-bond acceptors (Lipinski definition) is 3. The van der Waals surface area contributed by atoms with E-state index in [-0.39, 0.29) is 6.09 Å². The van der Waals surface area contributed by atoms with Gasteiger partial charge in [-0.15, -0.1) is 6.58 Å². The molecule has 0 radical (unpaired) electrons. The fourth-order valence-electron chi connectivity index (χ4n) is 3.69. The summed E-state index contributed by atoms with van der Waals surface area (Å²) in [5.41, 5.74) is 0.201. The van der Waals surface area contributed by atoms with E-state index < -0.39 is 5.60 Å². The number of carbonyl (C=O) groups excluding carboxylic acids is 1. The van der Waals surface area contributed by atoms with Gasteiger partial charge in [0.15, 0.2) is 0 Å². The molecule has 4 nitrogen and oxygen atoms in total. The molecule has 0 aromatic heterocycles. The Kier molecular flexibility index (Phi) is 8.16. The maximum absolute atomic E-state index is 12.9. The third-order valence-electron chi connectivity index (χ3n) is 5.12. The summed E-state index contributed by atoms with van der Waals surface area (Å²) >= 11 is 0. The Balaban J connectivity index is 2.26. The first-order valence-electron chi connectivity index (χ1n) is 10.3. The number of benzene rings is 1. The second-order valence-electron chi connectivity index (χ2n) is 8.48. The molecule has 154 valence electrons. The second-order valence-corrected chi connectivity index (χ2v) is 8.48. The third kappa shape index (κ3) is 6.74. The number of rotatable bonds is 7. The van der Waals surface area contributed by atoms with Gasteiger partial charge in [-0.2, -0.15) is 0 Å². The number of anilines is 1. The molecular weight excluding hydrogens is 350 g/mol. The first-order valence-corrected chi connectivity index (χ1v) is 10.3.